The lowest BCUT2D eigenvalue weighted by Crippen LogP contribution is -2.31. The first-order valence-corrected chi connectivity index (χ1v) is 11.1. The van der Waals surface area contributed by atoms with Crippen molar-refractivity contribution in [2.24, 2.45) is 0 Å². The first-order chi connectivity index (χ1) is 16.1. The van der Waals surface area contributed by atoms with E-state index in [9.17, 15) is 4.79 Å². The van der Waals surface area contributed by atoms with Crippen LogP contribution in [0.1, 0.15) is 25.0 Å². The molecule has 2 aliphatic rings. The van der Waals surface area contributed by atoms with Crippen molar-refractivity contribution in [3.05, 3.63) is 54.2 Å². The highest BCUT2D eigenvalue weighted by Crippen LogP contribution is 2.34. The fraction of sp³-hybridized carbons (Fsp3) is 0.292. The van der Waals surface area contributed by atoms with Crippen molar-refractivity contribution in [2.75, 3.05) is 40.7 Å². The summed E-state index contributed by atoms with van der Waals surface area (Å²) in [6.45, 7) is 4.17. The van der Waals surface area contributed by atoms with Gasteiger partial charge in [0.05, 0.1) is 0 Å². The summed E-state index contributed by atoms with van der Waals surface area (Å²) < 4.78 is 10.6. The summed E-state index contributed by atoms with van der Waals surface area (Å²) in [5.74, 6) is 2.82. The zero-order valence-electron chi connectivity index (χ0n) is 18.4. The predicted molar refractivity (Wildman–Crippen MR) is 128 cm³/mol. The monoisotopic (exact) mass is 446 g/mol. The first kappa shape index (κ1) is 20.9. The molecule has 0 radical (unpaired) electrons. The fourth-order valence-electron chi connectivity index (χ4n) is 3.90. The predicted octanol–water partition coefficient (Wildman–Crippen LogP) is 4.89. The summed E-state index contributed by atoms with van der Waals surface area (Å²) in [6, 6.07) is 14.3. The molecule has 2 amide bonds. The molecule has 1 saturated heterocycles. The summed E-state index contributed by atoms with van der Waals surface area (Å²) in [6.07, 6.45) is 3.62. The molecule has 5 rings (SSSR count). The van der Waals surface area contributed by atoms with Gasteiger partial charge in [-0.3, -0.25) is 0 Å². The Bertz CT molecular complexity index is 1150. The summed E-state index contributed by atoms with van der Waals surface area (Å²) >= 11 is 0. The van der Waals surface area contributed by atoms with Gasteiger partial charge < -0.3 is 30.3 Å². The highest BCUT2D eigenvalue weighted by molar-refractivity contribution is 6.00. The number of urea groups is 1. The number of anilines is 5. The van der Waals surface area contributed by atoms with Gasteiger partial charge in [0.2, 0.25) is 12.7 Å². The summed E-state index contributed by atoms with van der Waals surface area (Å²) in [4.78, 5) is 23.9. The third-order valence-corrected chi connectivity index (χ3v) is 5.53. The van der Waals surface area contributed by atoms with E-state index in [0.29, 0.717) is 22.9 Å². The Hall–Kier alpha value is -4.01. The molecule has 0 bridgehead atoms. The Morgan fingerprint density at radius 3 is 2.36 bits per heavy atom. The summed E-state index contributed by atoms with van der Waals surface area (Å²) in [5, 5.41) is 8.96. The van der Waals surface area contributed by atoms with Gasteiger partial charge in [0.15, 0.2) is 11.5 Å². The van der Waals surface area contributed by atoms with Crippen molar-refractivity contribution in [2.45, 2.75) is 26.2 Å². The first-order valence-electron chi connectivity index (χ1n) is 11.1. The van der Waals surface area contributed by atoms with E-state index < -0.39 is 0 Å². The van der Waals surface area contributed by atoms with Gasteiger partial charge in [-0.2, -0.15) is 4.98 Å². The number of nitrogens with zero attached hydrogens (tertiary/aromatic N) is 3. The average molecular weight is 447 g/mol. The second-order valence-corrected chi connectivity index (χ2v) is 8.09. The lowest BCUT2D eigenvalue weighted by Gasteiger charge is -2.27. The van der Waals surface area contributed by atoms with E-state index in [2.05, 4.69) is 25.8 Å². The molecular weight excluding hydrogens is 420 g/mol. The number of ether oxygens (including phenoxy) is 2. The van der Waals surface area contributed by atoms with Crippen LogP contribution in [0.3, 0.4) is 0 Å². The van der Waals surface area contributed by atoms with Gasteiger partial charge in [-0.05, 0) is 62.6 Å². The van der Waals surface area contributed by atoms with Crippen LogP contribution in [0.2, 0.25) is 0 Å². The maximum absolute atomic E-state index is 12.4. The Labute approximate surface area is 192 Å². The molecular formula is C24H26N6O3. The van der Waals surface area contributed by atoms with Crippen molar-refractivity contribution < 1.29 is 14.3 Å². The second kappa shape index (κ2) is 9.23. The highest BCUT2D eigenvalue weighted by atomic mass is 16.7. The van der Waals surface area contributed by atoms with Gasteiger partial charge in [0.1, 0.15) is 5.82 Å². The van der Waals surface area contributed by atoms with Crippen LogP contribution in [-0.4, -0.2) is 35.9 Å². The number of piperidine rings is 1. The second-order valence-electron chi connectivity index (χ2n) is 8.09. The molecule has 1 fully saturated rings. The molecule has 9 nitrogen and oxygen atoms in total. The molecule has 0 atom stereocenters. The Morgan fingerprint density at radius 2 is 1.55 bits per heavy atom. The normalized spacial score (nSPS) is 14.6. The number of hydrogen-bond donors (Lipinski definition) is 3. The van der Waals surface area contributed by atoms with Gasteiger partial charge >= 0.3 is 6.03 Å². The molecule has 3 N–H and O–H groups in total. The van der Waals surface area contributed by atoms with Crippen LogP contribution in [0, 0.1) is 6.92 Å². The molecule has 33 heavy (non-hydrogen) atoms. The summed E-state index contributed by atoms with van der Waals surface area (Å²) in [5.41, 5.74) is 3.09. The zero-order chi connectivity index (χ0) is 22.6. The van der Waals surface area contributed by atoms with Crippen LogP contribution < -0.4 is 30.3 Å². The number of hydrogen-bond acceptors (Lipinski definition) is 7. The maximum atomic E-state index is 12.4. The number of carbonyl (C=O) groups is 1. The molecule has 2 aliphatic heterocycles. The molecule has 0 unspecified atom stereocenters. The molecule has 0 aliphatic carbocycles. The smallest absolute Gasteiger partial charge is 0.323 e. The number of fused-ring (bicyclic) bond motifs is 1. The molecule has 3 aromatic rings. The van der Waals surface area contributed by atoms with E-state index in [1.165, 1.54) is 19.3 Å². The third-order valence-electron chi connectivity index (χ3n) is 5.53. The minimum absolute atomic E-state index is 0.194. The number of benzene rings is 2. The van der Waals surface area contributed by atoms with E-state index in [1.807, 2.05) is 37.3 Å². The van der Waals surface area contributed by atoms with Crippen LogP contribution in [-0.2, 0) is 0 Å². The van der Waals surface area contributed by atoms with Crippen LogP contribution >= 0.6 is 0 Å². The van der Waals surface area contributed by atoms with E-state index in [0.717, 1.165) is 36.2 Å². The van der Waals surface area contributed by atoms with Gasteiger partial charge in [-0.15, -0.1) is 0 Å². The van der Waals surface area contributed by atoms with Crippen LogP contribution in [0.15, 0.2) is 48.5 Å². The van der Waals surface area contributed by atoms with Gasteiger partial charge in [-0.1, -0.05) is 0 Å². The highest BCUT2D eigenvalue weighted by Gasteiger charge is 2.16. The molecule has 0 saturated carbocycles. The number of aromatic nitrogens is 2. The number of rotatable bonds is 5. The molecule has 9 heteroatoms. The lowest BCUT2D eigenvalue weighted by atomic mass is 10.1. The molecule has 3 heterocycles. The fourth-order valence-corrected chi connectivity index (χ4v) is 3.90. The molecule has 1 aromatic heterocycles. The Balaban J connectivity index is 1.20. The van der Waals surface area contributed by atoms with E-state index in [1.54, 1.807) is 18.2 Å². The van der Waals surface area contributed by atoms with Crippen molar-refractivity contribution >= 4 is 34.9 Å². The molecule has 0 spiro atoms. The standard InChI is InChI=1S/C24H26N6O3/c1-16-13-22(29-23(25-16)30-11-3-2-4-12-30)26-17-5-7-18(8-6-17)27-24(31)28-19-9-10-20-21(14-19)33-15-32-20/h5-10,13-14H,2-4,11-12,15H2,1H3,(H,25,26,29)(H2,27,28,31). The zero-order valence-corrected chi connectivity index (χ0v) is 18.4. The maximum Gasteiger partial charge on any atom is 0.323 e. The number of aryl methyl sites for hydroxylation is 1. The van der Waals surface area contributed by atoms with E-state index in [-0.39, 0.29) is 12.8 Å². The van der Waals surface area contributed by atoms with Crippen LogP contribution in [0.4, 0.5) is 33.6 Å². The largest absolute Gasteiger partial charge is 0.454 e. The topological polar surface area (TPSA) is 101 Å². The Kier molecular flexibility index (Phi) is 5.84. The minimum Gasteiger partial charge on any atom is -0.454 e. The van der Waals surface area contributed by atoms with Crippen molar-refractivity contribution in [3.8, 4) is 11.5 Å². The van der Waals surface area contributed by atoms with Gasteiger partial charge in [0.25, 0.3) is 0 Å². The van der Waals surface area contributed by atoms with Crippen molar-refractivity contribution in [1.29, 1.82) is 0 Å². The Morgan fingerprint density at radius 1 is 0.848 bits per heavy atom. The quantitative estimate of drug-likeness (QED) is 0.513. The lowest BCUT2D eigenvalue weighted by molar-refractivity contribution is 0.174. The van der Waals surface area contributed by atoms with Crippen LogP contribution in [0.5, 0.6) is 11.5 Å². The number of amides is 2. The van der Waals surface area contributed by atoms with Crippen molar-refractivity contribution in [3.63, 3.8) is 0 Å². The van der Waals surface area contributed by atoms with Crippen molar-refractivity contribution in [1.82, 2.24) is 9.97 Å². The summed E-state index contributed by atoms with van der Waals surface area (Å²) in [7, 11) is 0. The van der Waals surface area contributed by atoms with Gasteiger partial charge in [0, 0.05) is 48.0 Å². The minimum atomic E-state index is -0.341. The van der Waals surface area contributed by atoms with Crippen LogP contribution in [0.25, 0.3) is 0 Å². The molecule has 2 aromatic carbocycles. The average Bonchev–Trinajstić information content (AvgIpc) is 3.28. The van der Waals surface area contributed by atoms with E-state index in [4.69, 9.17) is 14.5 Å². The number of carbonyl (C=O) groups excluding carboxylic acids is 1. The van der Waals surface area contributed by atoms with E-state index >= 15 is 0 Å². The molecule has 170 valence electrons. The SMILES string of the molecule is Cc1cc(Nc2ccc(NC(=O)Nc3ccc4c(c3)OCO4)cc2)nc(N2CCCCC2)n1. The van der Waals surface area contributed by atoms with Gasteiger partial charge in [-0.25, -0.2) is 9.78 Å². The third kappa shape index (κ3) is 5.08. The number of nitrogens with one attached hydrogen (secondary N) is 3.